The Hall–Kier alpha value is -0.410. The quantitative estimate of drug-likeness (QED) is 0.786. The van der Waals surface area contributed by atoms with Crippen molar-refractivity contribution in [2.24, 2.45) is 5.92 Å². The Bertz CT molecular complexity index is 314. The summed E-state index contributed by atoms with van der Waals surface area (Å²) in [5, 5.41) is 0. The summed E-state index contributed by atoms with van der Waals surface area (Å²) in [4.78, 5) is 12.5. The third kappa shape index (κ3) is 3.19. The van der Waals surface area contributed by atoms with Crippen molar-refractivity contribution in [2.45, 2.75) is 75.9 Å². The van der Waals surface area contributed by atoms with Crippen LogP contribution in [0.3, 0.4) is 0 Å². The fraction of sp³-hybridized carbons (Fsp3) is 0.938. The van der Waals surface area contributed by atoms with Crippen molar-refractivity contribution >= 4 is 5.78 Å². The summed E-state index contributed by atoms with van der Waals surface area (Å²) >= 11 is 0. The lowest BCUT2D eigenvalue weighted by Gasteiger charge is -2.38. The van der Waals surface area contributed by atoms with Gasteiger partial charge in [0.2, 0.25) is 0 Å². The maximum atomic E-state index is 12.5. The molecule has 0 aromatic heterocycles. The maximum Gasteiger partial charge on any atom is 0.138 e. The van der Waals surface area contributed by atoms with Crippen molar-refractivity contribution < 1.29 is 14.3 Å². The molecule has 0 amide bonds. The van der Waals surface area contributed by atoms with Gasteiger partial charge >= 0.3 is 0 Å². The standard InChI is InChI=1S/C16H26O3/c17-15(11-14-5-1-4-9-18-14)13-6-10-19-16(12-13)7-2-3-8-16/h13-14H,1-12H2. The molecule has 0 N–H and O–H groups in total. The van der Waals surface area contributed by atoms with Crippen LogP contribution in [0.5, 0.6) is 0 Å². The lowest BCUT2D eigenvalue weighted by molar-refractivity contribution is -0.139. The topological polar surface area (TPSA) is 35.5 Å². The second-order valence-electron chi connectivity index (χ2n) is 6.59. The van der Waals surface area contributed by atoms with E-state index in [1.54, 1.807) is 0 Å². The average Bonchev–Trinajstić information content (AvgIpc) is 2.88. The molecule has 2 saturated heterocycles. The predicted octanol–water partition coefficient (Wildman–Crippen LogP) is 3.25. The molecule has 3 nitrogen and oxygen atoms in total. The Balaban J connectivity index is 1.54. The highest BCUT2D eigenvalue weighted by molar-refractivity contribution is 5.81. The molecule has 1 aliphatic carbocycles. The van der Waals surface area contributed by atoms with E-state index in [0.717, 1.165) is 51.7 Å². The molecule has 0 aromatic carbocycles. The summed E-state index contributed by atoms with van der Waals surface area (Å²) in [6.45, 7) is 1.62. The van der Waals surface area contributed by atoms with Gasteiger partial charge in [-0.3, -0.25) is 4.79 Å². The van der Waals surface area contributed by atoms with Crippen molar-refractivity contribution in [2.75, 3.05) is 13.2 Å². The predicted molar refractivity (Wildman–Crippen MR) is 73.1 cm³/mol. The molecule has 2 heterocycles. The van der Waals surface area contributed by atoms with Crippen molar-refractivity contribution in [3.05, 3.63) is 0 Å². The zero-order valence-corrected chi connectivity index (χ0v) is 11.9. The normalized spacial score (nSPS) is 34.5. The minimum absolute atomic E-state index is 0.0615. The SMILES string of the molecule is O=C(CC1CCCCO1)C1CCOC2(CCCC2)C1. The van der Waals surface area contributed by atoms with Crippen LogP contribution in [0, 0.1) is 5.92 Å². The summed E-state index contributed by atoms with van der Waals surface area (Å²) in [5.74, 6) is 0.666. The van der Waals surface area contributed by atoms with E-state index in [9.17, 15) is 4.79 Å². The molecule has 0 bridgehead atoms. The first-order chi connectivity index (χ1) is 9.27. The molecule has 2 aliphatic heterocycles. The molecule has 1 saturated carbocycles. The lowest BCUT2D eigenvalue weighted by Crippen LogP contribution is -2.40. The number of ketones is 1. The average molecular weight is 266 g/mol. The first kappa shape index (κ1) is 13.6. The van der Waals surface area contributed by atoms with Crippen LogP contribution in [-0.4, -0.2) is 30.7 Å². The van der Waals surface area contributed by atoms with Crippen LogP contribution < -0.4 is 0 Å². The van der Waals surface area contributed by atoms with Crippen LogP contribution in [-0.2, 0) is 14.3 Å². The molecule has 3 aliphatic rings. The van der Waals surface area contributed by atoms with Crippen LogP contribution in [0.1, 0.15) is 64.2 Å². The van der Waals surface area contributed by atoms with Crippen molar-refractivity contribution in [1.82, 2.24) is 0 Å². The molecule has 19 heavy (non-hydrogen) atoms. The zero-order chi connectivity index (χ0) is 13.1. The molecule has 0 radical (unpaired) electrons. The molecule has 1 spiro atoms. The minimum atomic E-state index is 0.0615. The van der Waals surface area contributed by atoms with Gasteiger partial charge in [-0.25, -0.2) is 0 Å². The van der Waals surface area contributed by atoms with Crippen LogP contribution in [0.4, 0.5) is 0 Å². The van der Waals surface area contributed by atoms with Crippen LogP contribution in [0.15, 0.2) is 0 Å². The molecular formula is C16H26O3. The Morgan fingerprint density at radius 1 is 1.05 bits per heavy atom. The third-order valence-electron chi connectivity index (χ3n) is 5.17. The smallest absolute Gasteiger partial charge is 0.138 e. The monoisotopic (exact) mass is 266 g/mol. The molecule has 3 fully saturated rings. The highest BCUT2D eigenvalue weighted by Gasteiger charge is 2.42. The number of rotatable bonds is 3. The van der Waals surface area contributed by atoms with Gasteiger partial charge in [0, 0.05) is 25.6 Å². The zero-order valence-electron chi connectivity index (χ0n) is 11.9. The van der Waals surface area contributed by atoms with Gasteiger partial charge in [-0.05, 0) is 44.9 Å². The molecule has 108 valence electrons. The van der Waals surface area contributed by atoms with Crippen molar-refractivity contribution in [3.63, 3.8) is 0 Å². The second kappa shape index (κ2) is 5.92. The van der Waals surface area contributed by atoms with Crippen molar-refractivity contribution in [1.29, 1.82) is 0 Å². The highest BCUT2D eigenvalue weighted by Crippen LogP contribution is 2.42. The molecule has 3 heteroatoms. The van der Waals surface area contributed by atoms with Gasteiger partial charge in [-0.1, -0.05) is 12.8 Å². The van der Waals surface area contributed by atoms with Crippen LogP contribution >= 0.6 is 0 Å². The molecule has 2 unspecified atom stereocenters. The van der Waals surface area contributed by atoms with Crippen molar-refractivity contribution in [3.8, 4) is 0 Å². The van der Waals surface area contributed by atoms with E-state index >= 15 is 0 Å². The summed E-state index contributed by atoms with van der Waals surface area (Å²) in [6.07, 6.45) is 11.0. The van der Waals surface area contributed by atoms with Crippen LogP contribution in [0.2, 0.25) is 0 Å². The minimum Gasteiger partial charge on any atom is -0.378 e. The van der Waals surface area contributed by atoms with E-state index in [0.29, 0.717) is 12.2 Å². The van der Waals surface area contributed by atoms with E-state index in [1.807, 2.05) is 0 Å². The Labute approximate surface area is 116 Å². The van der Waals surface area contributed by atoms with Gasteiger partial charge in [0.1, 0.15) is 5.78 Å². The number of carbonyl (C=O) groups excluding carboxylic acids is 1. The second-order valence-corrected chi connectivity index (χ2v) is 6.59. The van der Waals surface area contributed by atoms with E-state index in [2.05, 4.69) is 0 Å². The first-order valence-electron chi connectivity index (χ1n) is 8.06. The van der Waals surface area contributed by atoms with Gasteiger partial charge in [-0.2, -0.15) is 0 Å². The Morgan fingerprint density at radius 2 is 1.89 bits per heavy atom. The highest BCUT2D eigenvalue weighted by atomic mass is 16.5. The third-order valence-corrected chi connectivity index (χ3v) is 5.17. The molecular weight excluding hydrogens is 240 g/mol. The fourth-order valence-corrected chi connectivity index (χ4v) is 4.03. The number of Topliss-reactive ketones (excluding diaryl/α,β-unsaturated/α-hetero) is 1. The van der Waals surface area contributed by atoms with Crippen LogP contribution in [0.25, 0.3) is 0 Å². The first-order valence-corrected chi connectivity index (χ1v) is 8.06. The van der Waals surface area contributed by atoms with E-state index in [1.165, 1.54) is 19.3 Å². The lowest BCUT2D eigenvalue weighted by atomic mass is 9.81. The fourth-order valence-electron chi connectivity index (χ4n) is 4.03. The van der Waals surface area contributed by atoms with Gasteiger partial charge in [0.15, 0.2) is 0 Å². The number of hydrogen-bond acceptors (Lipinski definition) is 3. The number of ether oxygens (including phenoxy) is 2. The van der Waals surface area contributed by atoms with Gasteiger partial charge < -0.3 is 9.47 Å². The number of carbonyl (C=O) groups is 1. The summed E-state index contributed by atoms with van der Waals surface area (Å²) < 4.78 is 11.7. The Kier molecular flexibility index (Phi) is 4.23. The van der Waals surface area contributed by atoms with Gasteiger partial charge in [-0.15, -0.1) is 0 Å². The number of hydrogen-bond donors (Lipinski definition) is 0. The van der Waals surface area contributed by atoms with E-state index < -0.39 is 0 Å². The summed E-state index contributed by atoms with van der Waals surface area (Å²) in [6, 6.07) is 0. The largest absolute Gasteiger partial charge is 0.378 e. The summed E-state index contributed by atoms with van der Waals surface area (Å²) in [7, 11) is 0. The van der Waals surface area contributed by atoms with Gasteiger partial charge in [0.05, 0.1) is 11.7 Å². The summed E-state index contributed by atoms with van der Waals surface area (Å²) in [5.41, 5.74) is 0.0615. The molecule has 0 aromatic rings. The van der Waals surface area contributed by atoms with E-state index in [-0.39, 0.29) is 17.6 Å². The van der Waals surface area contributed by atoms with Gasteiger partial charge in [0.25, 0.3) is 0 Å². The Morgan fingerprint density at radius 3 is 2.63 bits per heavy atom. The molecule has 3 rings (SSSR count). The molecule has 2 atom stereocenters. The maximum absolute atomic E-state index is 12.5. The van der Waals surface area contributed by atoms with E-state index in [4.69, 9.17) is 9.47 Å².